The SMILES string of the molecule is C[C@@H]1CC(=O)N(NC(=O)OCc2ccccc2)O1. The Morgan fingerprint density at radius 2 is 2.22 bits per heavy atom. The van der Waals surface area contributed by atoms with E-state index in [0.717, 1.165) is 10.7 Å². The fourth-order valence-corrected chi connectivity index (χ4v) is 1.53. The smallest absolute Gasteiger partial charge is 0.428 e. The molecule has 6 heteroatoms. The monoisotopic (exact) mass is 250 g/mol. The number of ether oxygens (including phenoxy) is 1. The second-order valence-corrected chi connectivity index (χ2v) is 3.98. The van der Waals surface area contributed by atoms with Crippen LogP contribution in [0, 0.1) is 0 Å². The van der Waals surface area contributed by atoms with E-state index < -0.39 is 6.09 Å². The molecule has 1 aromatic rings. The third-order valence-corrected chi connectivity index (χ3v) is 2.38. The maximum atomic E-state index is 11.4. The van der Waals surface area contributed by atoms with Gasteiger partial charge in [-0.2, -0.15) is 0 Å². The van der Waals surface area contributed by atoms with Gasteiger partial charge >= 0.3 is 6.09 Å². The van der Waals surface area contributed by atoms with Crippen LogP contribution in [0.4, 0.5) is 4.79 Å². The lowest BCUT2D eigenvalue weighted by Gasteiger charge is -2.15. The zero-order valence-electron chi connectivity index (χ0n) is 9.96. The van der Waals surface area contributed by atoms with Crippen LogP contribution in [-0.4, -0.2) is 23.3 Å². The molecule has 6 nitrogen and oxygen atoms in total. The summed E-state index contributed by atoms with van der Waals surface area (Å²) < 4.78 is 4.95. The summed E-state index contributed by atoms with van der Waals surface area (Å²) >= 11 is 0. The molecule has 0 aliphatic carbocycles. The minimum Gasteiger partial charge on any atom is -0.443 e. The van der Waals surface area contributed by atoms with Crippen LogP contribution in [0.1, 0.15) is 18.9 Å². The Bertz CT molecular complexity index is 435. The fraction of sp³-hybridized carbons (Fsp3) is 0.333. The number of carbonyl (C=O) groups excluding carboxylic acids is 2. The quantitative estimate of drug-likeness (QED) is 0.880. The molecule has 1 fully saturated rings. The van der Waals surface area contributed by atoms with E-state index in [1.54, 1.807) is 6.92 Å². The van der Waals surface area contributed by atoms with E-state index in [1.807, 2.05) is 30.3 Å². The minimum absolute atomic E-state index is 0.143. The van der Waals surface area contributed by atoms with E-state index in [0.29, 0.717) is 0 Å². The van der Waals surface area contributed by atoms with Crippen LogP contribution in [0.5, 0.6) is 0 Å². The second-order valence-electron chi connectivity index (χ2n) is 3.98. The molecule has 0 spiro atoms. The Balaban J connectivity index is 1.77. The van der Waals surface area contributed by atoms with Crippen LogP contribution in [0.3, 0.4) is 0 Å². The molecule has 0 bridgehead atoms. The molecule has 1 N–H and O–H groups in total. The van der Waals surface area contributed by atoms with E-state index in [4.69, 9.17) is 9.57 Å². The summed E-state index contributed by atoms with van der Waals surface area (Å²) in [5.74, 6) is -0.292. The van der Waals surface area contributed by atoms with Crippen molar-refractivity contribution in [1.82, 2.24) is 10.6 Å². The summed E-state index contributed by atoms with van der Waals surface area (Å²) in [5, 5.41) is 0.817. The normalized spacial score (nSPS) is 18.8. The van der Waals surface area contributed by atoms with Crippen molar-refractivity contribution in [2.45, 2.75) is 26.1 Å². The molecule has 1 atom stereocenters. The van der Waals surface area contributed by atoms with Crippen molar-refractivity contribution in [3.05, 3.63) is 35.9 Å². The predicted molar refractivity (Wildman–Crippen MR) is 61.8 cm³/mol. The Morgan fingerprint density at radius 1 is 1.50 bits per heavy atom. The van der Waals surface area contributed by atoms with Gasteiger partial charge in [0.1, 0.15) is 6.61 Å². The molecule has 1 heterocycles. The molecule has 1 saturated heterocycles. The second kappa shape index (κ2) is 5.50. The average molecular weight is 250 g/mol. The van der Waals surface area contributed by atoms with E-state index >= 15 is 0 Å². The summed E-state index contributed by atoms with van der Waals surface area (Å²) in [6.45, 7) is 1.89. The summed E-state index contributed by atoms with van der Waals surface area (Å²) in [6, 6.07) is 9.26. The van der Waals surface area contributed by atoms with Crippen LogP contribution in [0.15, 0.2) is 30.3 Å². The number of hydrogen-bond donors (Lipinski definition) is 1. The molecule has 1 aliphatic heterocycles. The van der Waals surface area contributed by atoms with Crippen molar-refractivity contribution in [3.63, 3.8) is 0 Å². The van der Waals surface area contributed by atoms with Gasteiger partial charge in [-0.25, -0.2) is 15.1 Å². The number of amides is 2. The number of carbonyl (C=O) groups is 2. The standard InChI is InChI=1S/C12H14N2O4/c1-9-7-11(15)14(18-9)13-12(16)17-8-10-5-3-2-4-6-10/h2-6,9H,7-8H2,1H3,(H,13,16)/t9-/m1/s1. The Hall–Kier alpha value is -2.08. The Kier molecular flexibility index (Phi) is 3.78. The van der Waals surface area contributed by atoms with E-state index in [2.05, 4.69) is 5.43 Å². The lowest BCUT2D eigenvalue weighted by molar-refractivity contribution is -0.186. The molecular weight excluding hydrogens is 236 g/mol. The van der Waals surface area contributed by atoms with Crippen LogP contribution in [0.25, 0.3) is 0 Å². The van der Waals surface area contributed by atoms with Crippen molar-refractivity contribution in [2.24, 2.45) is 0 Å². The highest BCUT2D eigenvalue weighted by Crippen LogP contribution is 2.11. The zero-order valence-corrected chi connectivity index (χ0v) is 9.96. The van der Waals surface area contributed by atoms with Crippen LogP contribution < -0.4 is 5.43 Å². The first-order valence-corrected chi connectivity index (χ1v) is 5.62. The fourth-order valence-electron chi connectivity index (χ4n) is 1.53. The molecule has 2 amide bonds. The summed E-state index contributed by atoms with van der Waals surface area (Å²) in [5.41, 5.74) is 3.10. The third kappa shape index (κ3) is 3.21. The topological polar surface area (TPSA) is 67.9 Å². The summed E-state index contributed by atoms with van der Waals surface area (Å²) in [6.07, 6.45) is -0.702. The lowest BCUT2D eigenvalue weighted by Crippen LogP contribution is -2.42. The average Bonchev–Trinajstić information content (AvgIpc) is 2.67. The van der Waals surface area contributed by atoms with Gasteiger partial charge in [-0.15, -0.1) is 5.17 Å². The van der Waals surface area contributed by atoms with Gasteiger partial charge in [-0.3, -0.25) is 4.79 Å². The number of hydroxylamine groups is 1. The molecule has 1 aliphatic rings. The summed E-state index contributed by atoms with van der Waals surface area (Å²) in [4.78, 5) is 27.8. The van der Waals surface area contributed by atoms with Crippen molar-refractivity contribution in [1.29, 1.82) is 0 Å². The number of rotatable bonds is 3. The maximum absolute atomic E-state index is 11.4. The highest BCUT2D eigenvalue weighted by molar-refractivity contribution is 5.79. The molecule has 0 radical (unpaired) electrons. The van der Waals surface area contributed by atoms with Gasteiger partial charge in [0, 0.05) is 0 Å². The van der Waals surface area contributed by atoms with Gasteiger partial charge in [0.25, 0.3) is 5.91 Å². The number of hydrazine groups is 1. The molecule has 18 heavy (non-hydrogen) atoms. The van der Waals surface area contributed by atoms with Crippen molar-refractivity contribution < 1.29 is 19.2 Å². The highest BCUT2D eigenvalue weighted by atomic mass is 16.7. The first kappa shape index (κ1) is 12.4. The summed E-state index contributed by atoms with van der Waals surface area (Å²) in [7, 11) is 0. The number of nitrogens with zero attached hydrogens (tertiary/aromatic N) is 1. The van der Waals surface area contributed by atoms with Crippen LogP contribution in [0.2, 0.25) is 0 Å². The highest BCUT2D eigenvalue weighted by Gasteiger charge is 2.29. The minimum atomic E-state index is -0.721. The number of nitrogens with one attached hydrogen (secondary N) is 1. The van der Waals surface area contributed by atoms with Crippen LogP contribution >= 0.6 is 0 Å². The maximum Gasteiger partial charge on any atom is 0.428 e. The van der Waals surface area contributed by atoms with Crippen molar-refractivity contribution in [3.8, 4) is 0 Å². The number of hydrogen-bond acceptors (Lipinski definition) is 4. The van der Waals surface area contributed by atoms with E-state index in [-0.39, 0.29) is 25.0 Å². The van der Waals surface area contributed by atoms with Crippen molar-refractivity contribution in [2.75, 3.05) is 0 Å². The molecule has 96 valence electrons. The molecule has 0 saturated carbocycles. The van der Waals surface area contributed by atoms with E-state index in [1.165, 1.54) is 0 Å². The van der Waals surface area contributed by atoms with Crippen molar-refractivity contribution >= 4 is 12.0 Å². The molecule has 2 rings (SSSR count). The molecule has 0 aromatic heterocycles. The predicted octanol–water partition coefficient (Wildman–Crippen LogP) is 1.38. The lowest BCUT2D eigenvalue weighted by atomic mass is 10.2. The van der Waals surface area contributed by atoms with E-state index in [9.17, 15) is 9.59 Å². The first-order valence-electron chi connectivity index (χ1n) is 5.62. The zero-order chi connectivity index (χ0) is 13.0. The molecular formula is C12H14N2O4. The van der Waals surface area contributed by atoms with Gasteiger partial charge in [0.2, 0.25) is 0 Å². The van der Waals surface area contributed by atoms with Gasteiger partial charge in [0.05, 0.1) is 12.5 Å². The third-order valence-electron chi connectivity index (χ3n) is 2.38. The Morgan fingerprint density at radius 3 is 2.83 bits per heavy atom. The van der Waals surface area contributed by atoms with Crippen LogP contribution in [-0.2, 0) is 21.0 Å². The van der Waals surface area contributed by atoms with Gasteiger partial charge in [-0.1, -0.05) is 30.3 Å². The van der Waals surface area contributed by atoms with Gasteiger partial charge < -0.3 is 4.74 Å². The molecule has 1 aromatic carbocycles. The van der Waals surface area contributed by atoms with Gasteiger partial charge in [-0.05, 0) is 12.5 Å². The number of benzene rings is 1. The molecule has 0 unspecified atom stereocenters. The largest absolute Gasteiger partial charge is 0.443 e. The first-order chi connectivity index (χ1) is 8.65. The Labute approximate surface area is 104 Å². The van der Waals surface area contributed by atoms with Gasteiger partial charge in [0.15, 0.2) is 0 Å².